The van der Waals surface area contributed by atoms with Crippen molar-refractivity contribution in [3.8, 4) is 0 Å². The summed E-state index contributed by atoms with van der Waals surface area (Å²) in [5.41, 5.74) is 1.05. The number of nitro groups is 1. The summed E-state index contributed by atoms with van der Waals surface area (Å²) >= 11 is 11.8. The molecular weight excluding hydrogens is 327 g/mol. The van der Waals surface area contributed by atoms with Crippen LogP contribution < -0.4 is 4.90 Å². The Morgan fingerprint density at radius 2 is 1.77 bits per heavy atom. The van der Waals surface area contributed by atoms with Crippen molar-refractivity contribution < 1.29 is 9.72 Å². The summed E-state index contributed by atoms with van der Waals surface area (Å²) in [7, 11) is 0. The maximum atomic E-state index is 12.2. The molecule has 1 aliphatic heterocycles. The number of rotatable bonds is 2. The normalized spacial score (nSPS) is 13.9. The van der Waals surface area contributed by atoms with Crippen molar-refractivity contribution in [1.29, 1.82) is 0 Å². The molecule has 0 amide bonds. The van der Waals surface area contributed by atoms with Gasteiger partial charge in [-0.1, -0.05) is 23.2 Å². The molecule has 0 saturated heterocycles. The predicted octanol–water partition coefficient (Wildman–Crippen LogP) is 4.63. The van der Waals surface area contributed by atoms with Crippen molar-refractivity contribution in [1.82, 2.24) is 0 Å². The molecule has 0 unspecified atom stereocenters. The van der Waals surface area contributed by atoms with E-state index in [9.17, 15) is 14.9 Å². The van der Waals surface area contributed by atoms with Crippen LogP contribution in [0.5, 0.6) is 0 Å². The Balaban J connectivity index is 2.19. The van der Waals surface area contributed by atoms with E-state index in [1.54, 1.807) is 18.2 Å². The van der Waals surface area contributed by atoms with Gasteiger partial charge in [-0.3, -0.25) is 14.9 Å². The number of hydrogen-bond donors (Lipinski definition) is 0. The Bertz CT molecular complexity index is 775. The van der Waals surface area contributed by atoms with Crippen molar-refractivity contribution in [2.45, 2.75) is 6.42 Å². The van der Waals surface area contributed by atoms with E-state index in [4.69, 9.17) is 23.2 Å². The van der Waals surface area contributed by atoms with E-state index in [0.29, 0.717) is 17.3 Å². The van der Waals surface area contributed by atoms with Crippen LogP contribution in [0.15, 0.2) is 36.4 Å². The van der Waals surface area contributed by atoms with Crippen molar-refractivity contribution in [3.05, 3.63) is 62.1 Å². The van der Waals surface area contributed by atoms with Gasteiger partial charge in [-0.15, -0.1) is 0 Å². The molecule has 7 heteroatoms. The smallest absolute Gasteiger partial charge is 0.300 e. The van der Waals surface area contributed by atoms with E-state index in [1.165, 1.54) is 6.07 Å². The lowest BCUT2D eigenvalue weighted by Gasteiger charge is -2.30. The van der Waals surface area contributed by atoms with Gasteiger partial charge in [-0.25, -0.2) is 0 Å². The molecule has 0 N–H and O–H groups in total. The number of carbonyl (C=O) groups is 1. The zero-order valence-electron chi connectivity index (χ0n) is 11.3. The number of nitro benzene ring substituents is 1. The number of anilines is 2. The summed E-state index contributed by atoms with van der Waals surface area (Å²) in [5, 5.41) is 11.8. The highest BCUT2D eigenvalue weighted by molar-refractivity contribution is 6.34. The number of fused-ring (bicyclic) bond motifs is 1. The fourth-order valence-electron chi connectivity index (χ4n) is 2.58. The minimum absolute atomic E-state index is 0.0324. The minimum atomic E-state index is -0.607. The maximum Gasteiger partial charge on any atom is 0.300 e. The number of Topliss-reactive ketones (excluding diaryl/α,β-unsaturated/α-hetero) is 1. The van der Waals surface area contributed by atoms with Gasteiger partial charge in [0.25, 0.3) is 0 Å². The van der Waals surface area contributed by atoms with Crippen molar-refractivity contribution in [2.24, 2.45) is 0 Å². The first-order valence-corrected chi connectivity index (χ1v) is 7.28. The van der Waals surface area contributed by atoms with E-state index in [-0.39, 0.29) is 28.5 Å². The van der Waals surface area contributed by atoms with Crippen LogP contribution in [0, 0.1) is 10.1 Å². The fourth-order valence-corrected chi connectivity index (χ4v) is 2.93. The molecule has 22 heavy (non-hydrogen) atoms. The predicted molar refractivity (Wildman–Crippen MR) is 85.5 cm³/mol. The van der Waals surface area contributed by atoms with Crippen LogP contribution in [0.4, 0.5) is 17.1 Å². The highest BCUT2D eigenvalue weighted by atomic mass is 35.5. The highest BCUT2D eigenvalue weighted by Gasteiger charge is 2.33. The maximum absolute atomic E-state index is 12.2. The lowest BCUT2D eigenvalue weighted by Crippen LogP contribution is -2.28. The summed E-state index contributed by atoms with van der Waals surface area (Å²) in [4.78, 5) is 24.7. The van der Waals surface area contributed by atoms with Crippen LogP contribution in [-0.2, 0) is 0 Å². The van der Waals surface area contributed by atoms with Gasteiger partial charge in [-0.05, 0) is 36.4 Å². The van der Waals surface area contributed by atoms with Crippen molar-refractivity contribution >= 4 is 46.0 Å². The molecule has 3 rings (SSSR count). The van der Waals surface area contributed by atoms with Crippen LogP contribution in [-0.4, -0.2) is 17.3 Å². The van der Waals surface area contributed by atoms with E-state index < -0.39 is 4.92 Å². The summed E-state index contributed by atoms with van der Waals surface area (Å²) in [5.74, 6) is -0.269. The molecule has 0 aromatic heterocycles. The van der Waals surface area contributed by atoms with Gasteiger partial charge in [0.15, 0.2) is 5.78 Å². The average molecular weight is 337 g/mol. The van der Waals surface area contributed by atoms with E-state index in [0.717, 1.165) is 5.69 Å². The summed E-state index contributed by atoms with van der Waals surface area (Å²) < 4.78 is 0. The number of halogens is 2. The Morgan fingerprint density at radius 1 is 1.09 bits per heavy atom. The second-order valence-corrected chi connectivity index (χ2v) is 5.69. The summed E-state index contributed by atoms with van der Waals surface area (Å²) in [6.07, 6.45) is 0.191. The molecule has 1 aliphatic rings. The van der Waals surface area contributed by atoms with Crippen LogP contribution >= 0.6 is 23.2 Å². The zero-order chi connectivity index (χ0) is 15.9. The molecule has 1 heterocycles. The first-order chi connectivity index (χ1) is 10.5. The molecule has 0 spiro atoms. The topological polar surface area (TPSA) is 63.5 Å². The molecule has 2 aromatic rings. The molecule has 5 nitrogen and oxygen atoms in total. The zero-order valence-corrected chi connectivity index (χ0v) is 12.8. The Morgan fingerprint density at radius 3 is 2.41 bits per heavy atom. The van der Waals surface area contributed by atoms with E-state index in [2.05, 4.69) is 0 Å². The molecule has 0 atom stereocenters. The molecular formula is C15H10Cl2N2O3. The lowest BCUT2D eigenvalue weighted by molar-refractivity contribution is -0.384. The molecule has 0 saturated carbocycles. The molecule has 0 aliphatic carbocycles. The molecule has 0 radical (unpaired) electrons. The SMILES string of the molecule is O=C1CCN(c2ccc(Cl)cc2)c2ccc(Cl)c([N+](=O)[O-])c21. The Labute approximate surface area is 136 Å². The standard InChI is InChI=1S/C15H10Cl2N2O3/c16-9-1-3-10(4-2-9)18-8-7-13(20)14-12(18)6-5-11(17)15(14)19(21)22/h1-6H,7-8H2. The van der Waals surface area contributed by atoms with Gasteiger partial charge < -0.3 is 4.90 Å². The molecule has 0 bridgehead atoms. The fraction of sp³-hybridized carbons (Fsp3) is 0.133. The van der Waals surface area contributed by atoms with Crippen LogP contribution in [0.25, 0.3) is 0 Å². The van der Waals surface area contributed by atoms with Gasteiger partial charge in [0.2, 0.25) is 0 Å². The Hall–Kier alpha value is -2.11. The average Bonchev–Trinajstić information content (AvgIpc) is 2.48. The molecule has 2 aromatic carbocycles. The van der Waals surface area contributed by atoms with Gasteiger partial charge in [-0.2, -0.15) is 0 Å². The lowest BCUT2D eigenvalue weighted by atomic mass is 9.97. The van der Waals surface area contributed by atoms with Gasteiger partial charge >= 0.3 is 5.69 Å². The van der Waals surface area contributed by atoms with E-state index in [1.807, 2.05) is 17.0 Å². The third-order valence-corrected chi connectivity index (χ3v) is 4.12. The number of nitrogens with zero attached hydrogens (tertiary/aromatic N) is 2. The van der Waals surface area contributed by atoms with Gasteiger partial charge in [0, 0.05) is 23.7 Å². The highest BCUT2D eigenvalue weighted by Crippen LogP contribution is 2.41. The van der Waals surface area contributed by atoms with Gasteiger partial charge in [0.1, 0.15) is 10.6 Å². The number of hydrogen-bond acceptors (Lipinski definition) is 4. The second-order valence-electron chi connectivity index (χ2n) is 4.85. The first kappa shape index (κ1) is 14.8. The third-order valence-electron chi connectivity index (χ3n) is 3.56. The number of ketones is 1. The molecule has 112 valence electrons. The van der Waals surface area contributed by atoms with Crippen LogP contribution in [0.2, 0.25) is 10.0 Å². The van der Waals surface area contributed by atoms with Crippen molar-refractivity contribution in [3.63, 3.8) is 0 Å². The summed E-state index contributed by atoms with van der Waals surface area (Å²) in [6.45, 7) is 0.451. The van der Waals surface area contributed by atoms with Gasteiger partial charge in [0.05, 0.1) is 10.6 Å². The first-order valence-electron chi connectivity index (χ1n) is 6.52. The Kier molecular flexibility index (Phi) is 3.76. The minimum Gasteiger partial charge on any atom is -0.340 e. The quantitative estimate of drug-likeness (QED) is 0.592. The number of benzene rings is 2. The largest absolute Gasteiger partial charge is 0.340 e. The molecule has 0 fully saturated rings. The number of carbonyl (C=O) groups excluding carboxylic acids is 1. The monoisotopic (exact) mass is 336 g/mol. The van der Waals surface area contributed by atoms with Crippen LogP contribution in [0.1, 0.15) is 16.8 Å². The van der Waals surface area contributed by atoms with Crippen molar-refractivity contribution in [2.75, 3.05) is 11.4 Å². The second kappa shape index (κ2) is 5.59. The summed E-state index contributed by atoms with van der Waals surface area (Å²) in [6, 6.07) is 10.2. The van der Waals surface area contributed by atoms with E-state index >= 15 is 0 Å². The van der Waals surface area contributed by atoms with Crippen LogP contribution in [0.3, 0.4) is 0 Å². The third kappa shape index (κ3) is 2.42.